The maximum Gasteiger partial charge on any atom is 0.433 e. The van der Waals surface area contributed by atoms with Crippen molar-refractivity contribution in [1.82, 2.24) is 14.9 Å². The lowest BCUT2D eigenvalue weighted by atomic mass is 10.4. The smallest absolute Gasteiger partial charge is 0.342 e. The van der Waals surface area contributed by atoms with Crippen molar-refractivity contribution in [2.45, 2.75) is 36.3 Å². The molecule has 110 valence electrons. The molecule has 8 heteroatoms. The number of halogens is 3. The van der Waals surface area contributed by atoms with Gasteiger partial charge in [0.15, 0.2) is 5.16 Å². The first-order valence-corrected chi connectivity index (χ1v) is 7.11. The fraction of sp³-hybridized carbons (Fsp3) is 0.583. The molecule has 0 aromatic carbocycles. The highest BCUT2D eigenvalue weighted by atomic mass is 32.2. The van der Waals surface area contributed by atoms with E-state index in [0.717, 1.165) is 36.9 Å². The molecule has 20 heavy (non-hydrogen) atoms. The summed E-state index contributed by atoms with van der Waals surface area (Å²) in [5, 5.41) is -0.517. The zero-order valence-electron chi connectivity index (χ0n) is 10.9. The van der Waals surface area contributed by atoms with Crippen molar-refractivity contribution < 1.29 is 18.0 Å². The summed E-state index contributed by atoms with van der Waals surface area (Å²) in [6.07, 6.45) is -1.49. The van der Waals surface area contributed by atoms with Crippen molar-refractivity contribution in [3.63, 3.8) is 0 Å². The van der Waals surface area contributed by atoms with Gasteiger partial charge in [-0.25, -0.2) is 9.97 Å². The lowest BCUT2D eigenvalue weighted by Gasteiger charge is -2.19. The minimum Gasteiger partial charge on any atom is -0.342 e. The van der Waals surface area contributed by atoms with Gasteiger partial charge in [-0.1, -0.05) is 11.8 Å². The fourth-order valence-electron chi connectivity index (χ4n) is 1.96. The van der Waals surface area contributed by atoms with Crippen LogP contribution in [0, 0.1) is 0 Å². The van der Waals surface area contributed by atoms with Crippen LogP contribution < -0.4 is 0 Å². The minimum absolute atomic E-state index is 0.0279. The molecule has 1 aliphatic heterocycles. The van der Waals surface area contributed by atoms with Crippen LogP contribution in [0.1, 0.15) is 25.5 Å². The van der Waals surface area contributed by atoms with Crippen molar-refractivity contribution in [3.05, 3.63) is 18.0 Å². The summed E-state index contributed by atoms with van der Waals surface area (Å²) in [4.78, 5) is 21.0. The summed E-state index contributed by atoms with van der Waals surface area (Å²) in [5.74, 6) is -0.0755. The monoisotopic (exact) mass is 305 g/mol. The van der Waals surface area contributed by atoms with Crippen LogP contribution in [0.4, 0.5) is 13.2 Å². The molecule has 1 unspecified atom stereocenters. The Morgan fingerprint density at radius 2 is 2.05 bits per heavy atom. The van der Waals surface area contributed by atoms with E-state index in [9.17, 15) is 18.0 Å². The van der Waals surface area contributed by atoms with Gasteiger partial charge in [0.05, 0.1) is 5.25 Å². The number of nitrogens with zero attached hydrogens (tertiary/aromatic N) is 3. The van der Waals surface area contributed by atoms with E-state index in [-0.39, 0.29) is 11.1 Å². The topological polar surface area (TPSA) is 46.1 Å². The molecule has 2 heterocycles. The molecule has 1 aromatic rings. The number of carbonyl (C=O) groups excluding carboxylic acids is 1. The molecular formula is C12H14F3N3OS. The van der Waals surface area contributed by atoms with Crippen LogP contribution in [0.15, 0.2) is 17.4 Å². The number of alkyl halides is 3. The van der Waals surface area contributed by atoms with Crippen molar-refractivity contribution in [2.24, 2.45) is 0 Å². The summed E-state index contributed by atoms with van der Waals surface area (Å²) >= 11 is 0.955. The Labute approximate surface area is 118 Å². The highest BCUT2D eigenvalue weighted by Crippen LogP contribution is 2.29. The molecule has 0 aliphatic carbocycles. The van der Waals surface area contributed by atoms with Gasteiger partial charge in [0, 0.05) is 19.3 Å². The molecule has 0 spiro atoms. The van der Waals surface area contributed by atoms with Crippen molar-refractivity contribution >= 4 is 17.7 Å². The number of amides is 1. The van der Waals surface area contributed by atoms with Crippen molar-refractivity contribution in [1.29, 1.82) is 0 Å². The molecular weight excluding hydrogens is 291 g/mol. The van der Waals surface area contributed by atoms with Gasteiger partial charge in [-0.2, -0.15) is 13.2 Å². The molecule has 1 atom stereocenters. The molecule has 1 aromatic heterocycles. The summed E-state index contributed by atoms with van der Waals surface area (Å²) < 4.78 is 37.6. The van der Waals surface area contributed by atoms with E-state index >= 15 is 0 Å². The predicted molar refractivity (Wildman–Crippen MR) is 68.2 cm³/mol. The van der Waals surface area contributed by atoms with Gasteiger partial charge in [0.1, 0.15) is 5.69 Å². The quantitative estimate of drug-likeness (QED) is 0.636. The Hall–Kier alpha value is -1.31. The summed E-state index contributed by atoms with van der Waals surface area (Å²) in [6.45, 7) is 3.09. The summed E-state index contributed by atoms with van der Waals surface area (Å²) in [7, 11) is 0. The highest BCUT2D eigenvalue weighted by Gasteiger charge is 2.33. The molecule has 0 radical (unpaired) electrons. The largest absolute Gasteiger partial charge is 0.433 e. The van der Waals surface area contributed by atoms with E-state index in [1.165, 1.54) is 0 Å². The number of carbonyl (C=O) groups is 1. The summed E-state index contributed by atoms with van der Waals surface area (Å²) in [5.41, 5.74) is -0.990. The number of likely N-dealkylation sites (tertiary alicyclic amines) is 1. The van der Waals surface area contributed by atoms with Crippen LogP contribution in [0.25, 0.3) is 0 Å². The van der Waals surface area contributed by atoms with Gasteiger partial charge in [0.25, 0.3) is 0 Å². The number of hydrogen-bond acceptors (Lipinski definition) is 4. The van der Waals surface area contributed by atoms with Gasteiger partial charge < -0.3 is 4.90 Å². The number of hydrogen-bond donors (Lipinski definition) is 0. The van der Waals surface area contributed by atoms with Crippen LogP contribution in [-0.4, -0.2) is 39.1 Å². The van der Waals surface area contributed by atoms with E-state index in [1.807, 2.05) is 0 Å². The molecule has 0 saturated carbocycles. The molecule has 4 nitrogen and oxygen atoms in total. The van der Waals surface area contributed by atoms with Gasteiger partial charge in [-0.3, -0.25) is 4.79 Å². The predicted octanol–water partition coefficient (Wildman–Crippen LogP) is 2.60. The lowest BCUT2D eigenvalue weighted by molar-refractivity contribution is -0.141. The summed E-state index contributed by atoms with van der Waals surface area (Å²) in [6, 6.07) is 0.816. The zero-order chi connectivity index (χ0) is 14.8. The van der Waals surface area contributed by atoms with Crippen LogP contribution in [-0.2, 0) is 11.0 Å². The average Bonchev–Trinajstić information content (AvgIpc) is 2.91. The van der Waals surface area contributed by atoms with E-state index in [1.54, 1.807) is 11.8 Å². The second kappa shape index (κ2) is 5.99. The Bertz CT molecular complexity index is 489. The highest BCUT2D eigenvalue weighted by molar-refractivity contribution is 8.00. The first-order valence-electron chi connectivity index (χ1n) is 6.23. The first-order chi connectivity index (χ1) is 9.38. The minimum atomic E-state index is -4.50. The lowest BCUT2D eigenvalue weighted by Crippen LogP contribution is -2.34. The first kappa shape index (κ1) is 15.1. The second-order valence-electron chi connectivity index (χ2n) is 4.51. The Morgan fingerprint density at radius 1 is 1.40 bits per heavy atom. The molecule has 1 fully saturated rings. The number of thioether (sulfide) groups is 1. The van der Waals surface area contributed by atoms with Crippen LogP contribution in [0.5, 0.6) is 0 Å². The fourth-order valence-corrected chi connectivity index (χ4v) is 2.80. The third kappa shape index (κ3) is 3.62. The molecule has 2 rings (SSSR count). The maximum atomic E-state index is 12.5. The van der Waals surface area contributed by atoms with Crippen molar-refractivity contribution in [2.75, 3.05) is 13.1 Å². The number of rotatable bonds is 3. The van der Waals surface area contributed by atoms with E-state index in [0.29, 0.717) is 13.1 Å². The van der Waals surface area contributed by atoms with Crippen LogP contribution in [0.3, 0.4) is 0 Å². The Balaban J connectivity index is 2.04. The maximum absolute atomic E-state index is 12.5. The van der Waals surface area contributed by atoms with E-state index < -0.39 is 17.1 Å². The normalized spacial score (nSPS) is 17.3. The molecule has 1 saturated heterocycles. The molecule has 1 aliphatic rings. The van der Waals surface area contributed by atoms with Crippen LogP contribution in [0.2, 0.25) is 0 Å². The number of aromatic nitrogens is 2. The molecule has 0 bridgehead atoms. The average molecular weight is 305 g/mol. The van der Waals surface area contributed by atoms with Crippen molar-refractivity contribution in [3.8, 4) is 0 Å². The standard InChI is InChI=1S/C12H14F3N3OS/c1-8(10(19)18-6-2-3-7-18)20-11-16-5-4-9(17-11)12(13,14)15/h4-5,8H,2-3,6-7H2,1H3. The van der Waals surface area contributed by atoms with Gasteiger partial charge in [-0.15, -0.1) is 0 Å². The zero-order valence-corrected chi connectivity index (χ0v) is 11.7. The van der Waals surface area contributed by atoms with Gasteiger partial charge >= 0.3 is 6.18 Å². The SMILES string of the molecule is CC(Sc1nccc(C(F)(F)F)n1)C(=O)N1CCCC1. The van der Waals surface area contributed by atoms with E-state index in [2.05, 4.69) is 9.97 Å². The van der Waals surface area contributed by atoms with Gasteiger partial charge in [0.2, 0.25) is 5.91 Å². The van der Waals surface area contributed by atoms with Crippen LogP contribution >= 0.6 is 11.8 Å². The third-order valence-electron chi connectivity index (χ3n) is 2.97. The molecule has 0 N–H and O–H groups in total. The Kier molecular flexibility index (Phi) is 4.52. The third-order valence-corrected chi connectivity index (χ3v) is 3.93. The second-order valence-corrected chi connectivity index (χ2v) is 5.82. The van der Waals surface area contributed by atoms with Gasteiger partial charge in [-0.05, 0) is 25.8 Å². The molecule has 1 amide bonds. The Morgan fingerprint density at radius 3 is 2.65 bits per heavy atom. The van der Waals surface area contributed by atoms with E-state index in [4.69, 9.17) is 0 Å².